The fourth-order valence-electron chi connectivity index (χ4n) is 2.91. The molecule has 2 N–H and O–H groups in total. The Kier molecular flexibility index (Phi) is 4.48. The van der Waals surface area contributed by atoms with E-state index in [-0.39, 0.29) is 17.9 Å². The minimum atomic E-state index is -0.436. The molecular weight excluding hydrogens is 250 g/mol. The zero-order chi connectivity index (χ0) is 14.8. The highest BCUT2D eigenvalue weighted by Crippen LogP contribution is 2.34. The zero-order valence-electron chi connectivity index (χ0n) is 12.6. The van der Waals surface area contributed by atoms with Crippen LogP contribution in [0.3, 0.4) is 0 Å². The van der Waals surface area contributed by atoms with Crippen LogP contribution in [-0.2, 0) is 16.0 Å². The van der Waals surface area contributed by atoms with E-state index in [0.717, 1.165) is 19.3 Å². The second kappa shape index (κ2) is 5.96. The lowest BCUT2D eigenvalue weighted by molar-refractivity contribution is -0.160. The third-order valence-electron chi connectivity index (χ3n) is 3.91. The number of esters is 1. The number of nitrogens with two attached hydrogens (primary N) is 1. The predicted molar refractivity (Wildman–Crippen MR) is 80.2 cm³/mol. The van der Waals surface area contributed by atoms with Crippen molar-refractivity contribution < 1.29 is 9.53 Å². The van der Waals surface area contributed by atoms with E-state index in [9.17, 15) is 4.79 Å². The van der Waals surface area contributed by atoms with Crippen molar-refractivity contribution in [3.8, 4) is 0 Å². The highest BCUT2D eigenvalue weighted by Gasteiger charge is 2.39. The summed E-state index contributed by atoms with van der Waals surface area (Å²) in [6.07, 6.45) is 2.79. The first-order valence-electron chi connectivity index (χ1n) is 7.39. The highest BCUT2D eigenvalue weighted by atomic mass is 16.6. The molecule has 1 aliphatic rings. The third-order valence-corrected chi connectivity index (χ3v) is 3.91. The van der Waals surface area contributed by atoms with Gasteiger partial charge in [-0.25, -0.2) is 0 Å². The van der Waals surface area contributed by atoms with Crippen molar-refractivity contribution >= 4 is 5.97 Å². The molecule has 1 aromatic carbocycles. The second-order valence-electron chi connectivity index (χ2n) is 6.74. The Morgan fingerprint density at radius 2 is 1.90 bits per heavy atom. The number of carbonyl (C=O) groups excluding carboxylic acids is 1. The molecule has 3 nitrogen and oxygen atoms in total. The van der Waals surface area contributed by atoms with Crippen LogP contribution in [0.2, 0.25) is 0 Å². The lowest BCUT2D eigenvalue weighted by Gasteiger charge is -2.25. The number of hydrogen-bond donors (Lipinski definition) is 1. The number of ether oxygens (including phenoxy) is 1. The fraction of sp³-hybridized carbons (Fsp3) is 0.588. The van der Waals surface area contributed by atoms with Gasteiger partial charge in [0, 0.05) is 6.04 Å². The molecule has 1 saturated carbocycles. The maximum Gasteiger partial charge on any atom is 0.311 e. The summed E-state index contributed by atoms with van der Waals surface area (Å²) in [5.74, 6) is 0.0819. The Balaban J connectivity index is 1.95. The van der Waals surface area contributed by atoms with Crippen molar-refractivity contribution in [1.82, 2.24) is 0 Å². The van der Waals surface area contributed by atoms with Gasteiger partial charge in [-0.3, -0.25) is 4.79 Å². The van der Waals surface area contributed by atoms with E-state index in [1.165, 1.54) is 5.56 Å². The van der Waals surface area contributed by atoms with Gasteiger partial charge in [-0.1, -0.05) is 30.3 Å². The molecule has 0 heterocycles. The largest absolute Gasteiger partial charge is 0.460 e. The normalized spacial score (nSPS) is 26.5. The maximum absolute atomic E-state index is 12.2. The Hall–Kier alpha value is -1.35. The third kappa shape index (κ3) is 3.83. The molecule has 3 atom stereocenters. The molecule has 0 aliphatic heterocycles. The summed E-state index contributed by atoms with van der Waals surface area (Å²) in [5, 5.41) is 0. The van der Waals surface area contributed by atoms with Crippen LogP contribution in [-0.4, -0.2) is 17.6 Å². The van der Waals surface area contributed by atoms with Crippen LogP contribution in [0.1, 0.15) is 39.2 Å². The Labute approximate surface area is 121 Å². The molecule has 0 spiro atoms. The van der Waals surface area contributed by atoms with Crippen molar-refractivity contribution in [2.24, 2.45) is 17.6 Å². The van der Waals surface area contributed by atoms with Gasteiger partial charge < -0.3 is 10.5 Å². The molecule has 2 rings (SSSR count). The summed E-state index contributed by atoms with van der Waals surface area (Å²) < 4.78 is 5.47. The SMILES string of the molecule is CC(C)(C)OC(=O)[C@@H]1CC[C@@H](Cc2ccccc2)[C@@H]1N. The van der Waals surface area contributed by atoms with Crippen molar-refractivity contribution in [2.45, 2.75) is 51.7 Å². The monoisotopic (exact) mass is 275 g/mol. The van der Waals surface area contributed by atoms with Gasteiger partial charge in [0.05, 0.1) is 5.92 Å². The minimum absolute atomic E-state index is 0.0925. The van der Waals surface area contributed by atoms with Crippen LogP contribution in [0, 0.1) is 11.8 Å². The van der Waals surface area contributed by atoms with Crippen LogP contribution < -0.4 is 5.73 Å². The number of rotatable bonds is 3. The lowest BCUT2D eigenvalue weighted by atomic mass is 9.92. The van der Waals surface area contributed by atoms with Gasteiger partial charge in [-0.2, -0.15) is 0 Å². The topological polar surface area (TPSA) is 52.3 Å². The molecule has 1 aromatic rings. The summed E-state index contributed by atoms with van der Waals surface area (Å²) in [6, 6.07) is 10.2. The molecule has 1 fully saturated rings. The standard InChI is InChI=1S/C17H25NO2/c1-17(2,3)20-16(19)14-10-9-13(15(14)18)11-12-7-5-4-6-8-12/h4-8,13-15H,9-11,18H2,1-3H3/t13-,14+,15-/m0/s1. The molecule has 1 aliphatic carbocycles. The average molecular weight is 275 g/mol. The second-order valence-corrected chi connectivity index (χ2v) is 6.74. The first kappa shape index (κ1) is 15.0. The van der Waals surface area contributed by atoms with Gasteiger partial charge in [-0.15, -0.1) is 0 Å². The van der Waals surface area contributed by atoms with Gasteiger partial charge in [-0.05, 0) is 51.5 Å². The van der Waals surface area contributed by atoms with E-state index >= 15 is 0 Å². The number of benzene rings is 1. The van der Waals surface area contributed by atoms with Crippen molar-refractivity contribution in [2.75, 3.05) is 0 Å². The first-order valence-corrected chi connectivity index (χ1v) is 7.39. The van der Waals surface area contributed by atoms with Crippen LogP contribution in [0.25, 0.3) is 0 Å². The first-order chi connectivity index (χ1) is 9.37. The van der Waals surface area contributed by atoms with Crippen LogP contribution in [0.15, 0.2) is 30.3 Å². The summed E-state index contributed by atoms with van der Waals surface area (Å²) in [5.41, 5.74) is 7.14. The quantitative estimate of drug-likeness (QED) is 0.863. The number of carbonyl (C=O) groups is 1. The molecular formula is C17H25NO2. The van der Waals surface area contributed by atoms with Gasteiger partial charge in [0.15, 0.2) is 0 Å². The smallest absolute Gasteiger partial charge is 0.311 e. The van der Waals surface area contributed by atoms with Crippen molar-refractivity contribution in [1.29, 1.82) is 0 Å². The zero-order valence-corrected chi connectivity index (χ0v) is 12.6. The molecule has 0 radical (unpaired) electrons. The fourth-order valence-corrected chi connectivity index (χ4v) is 2.91. The van der Waals surface area contributed by atoms with Gasteiger partial charge in [0.2, 0.25) is 0 Å². The van der Waals surface area contributed by atoms with Crippen LogP contribution >= 0.6 is 0 Å². The van der Waals surface area contributed by atoms with E-state index < -0.39 is 5.60 Å². The van der Waals surface area contributed by atoms with Crippen LogP contribution in [0.5, 0.6) is 0 Å². The van der Waals surface area contributed by atoms with E-state index in [2.05, 4.69) is 12.1 Å². The van der Waals surface area contributed by atoms with Gasteiger partial charge in [0.25, 0.3) is 0 Å². The van der Waals surface area contributed by atoms with E-state index in [4.69, 9.17) is 10.5 Å². The van der Waals surface area contributed by atoms with Crippen molar-refractivity contribution in [3.05, 3.63) is 35.9 Å². The molecule has 0 bridgehead atoms. The molecule has 0 aromatic heterocycles. The van der Waals surface area contributed by atoms with Crippen molar-refractivity contribution in [3.63, 3.8) is 0 Å². The molecule has 0 saturated heterocycles. The molecule has 3 heteroatoms. The molecule has 20 heavy (non-hydrogen) atoms. The highest BCUT2D eigenvalue weighted by molar-refractivity contribution is 5.74. The molecule has 0 unspecified atom stereocenters. The Morgan fingerprint density at radius 3 is 2.50 bits per heavy atom. The van der Waals surface area contributed by atoms with E-state index in [0.29, 0.717) is 5.92 Å². The maximum atomic E-state index is 12.2. The van der Waals surface area contributed by atoms with Crippen LogP contribution in [0.4, 0.5) is 0 Å². The lowest BCUT2D eigenvalue weighted by Crippen LogP contribution is -2.39. The summed E-state index contributed by atoms with van der Waals surface area (Å²) in [6.45, 7) is 5.69. The van der Waals surface area contributed by atoms with Gasteiger partial charge in [0.1, 0.15) is 5.60 Å². The summed E-state index contributed by atoms with van der Waals surface area (Å²) in [4.78, 5) is 12.2. The Morgan fingerprint density at radius 1 is 1.25 bits per heavy atom. The average Bonchev–Trinajstić information content (AvgIpc) is 2.70. The van der Waals surface area contributed by atoms with E-state index in [1.807, 2.05) is 39.0 Å². The summed E-state index contributed by atoms with van der Waals surface area (Å²) in [7, 11) is 0. The van der Waals surface area contributed by atoms with Gasteiger partial charge >= 0.3 is 5.97 Å². The summed E-state index contributed by atoms with van der Waals surface area (Å²) >= 11 is 0. The number of hydrogen-bond acceptors (Lipinski definition) is 3. The predicted octanol–water partition coefficient (Wildman–Crippen LogP) is 2.92. The van der Waals surface area contributed by atoms with E-state index in [1.54, 1.807) is 0 Å². The molecule has 110 valence electrons. The minimum Gasteiger partial charge on any atom is -0.460 e. The Bertz CT molecular complexity index is 450. The molecule has 0 amide bonds.